The summed E-state index contributed by atoms with van der Waals surface area (Å²) >= 11 is 0. The number of hydrogen-bond donors (Lipinski definition) is 0. The molecule has 0 unspecified atom stereocenters. The molecule has 0 N–H and O–H groups in total. The summed E-state index contributed by atoms with van der Waals surface area (Å²) in [6.07, 6.45) is 2.24. The Kier molecular flexibility index (Phi) is 2.15. The van der Waals surface area contributed by atoms with E-state index in [1.54, 1.807) is 0 Å². The van der Waals surface area contributed by atoms with Gasteiger partial charge in [-0.3, -0.25) is 4.79 Å². The first-order valence-corrected chi connectivity index (χ1v) is 4.12. The number of ketones is 1. The Morgan fingerprint density at radius 3 is 2.33 bits per heavy atom. The fourth-order valence-electron chi connectivity index (χ4n) is 1.13. The Morgan fingerprint density at radius 2 is 1.80 bits per heavy atom. The third-order valence-corrected chi connectivity index (χ3v) is 1.86. The maximum absolute atomic E-state index is 13.4. The van der Waals surface area contributed by atoms with E-state index < -0.39 is 23.2 Å². The molecule has 0 saturated carbocycles. The van der Waals surface area contributed by atoms with E-state index in [0.29, 0.717) is 0 Å². The number of carbonyl (C=O) groups excluding carboxylic acids is 1. The zero-order chi connectivity index (χ0) is 10.9. The van der Waals surface area contributed by atoms with Gasteiger partial charge in [0.05, 0.1) is 12.5 Å². The lowest BCUT2D eigenvalue weighted by Crippen LogP contribution is -2.25. The molecule has 15 heavy (non-hydrogen) atoms. The lowest BCUT2D eigenvalue weighted by molar-refractivity contribution is -0.00884. The first kappa shape index (κ1) is 9.64. The molecule has 3 nitrogen and oxygen atoms in total. The molecule has 0 aliphatic rings. The second-order valence-corrected chi connectivity index (χ2v) is 2.86. The fraction of sp³-hybridized carbons (Fsp3) is 0.100. The number of rotatable bonds is 3. The minimum Gasteiger partial charge on any atom is -0.462 e. The predicted molar refractivity (Wildman–Crippen MR) is 45.6 cm³/mol. The molecule has 0 saturated heterocycles. The summed E-state index contributed by atoms with van der Waals surface area (Å²) in [6, 6.07) is 4.88. The van der Waals surface area contributed by atoms with Gasteiger partial charge in [-0.15, -0.1) is 0 Å². The number of Topliss-reactive ketones (excluding diaryl/α,β-unsaturated/α-hetero) is 1. The molecule has 0 atom stereocenters. The van der Waals surface area contributed by atoms with E-state index in [1.165, 1.54) is 18.2 Å². The summed E-state index contributed by atoms with van der Waals surface area (Å²) in [5, 5.41) is 0. The van der Waals surface area contributed by atoms with Gasteiger partial charge in [0.25, 0.3) is 5.78 Å². The quantitative estimate of drug-likeness (QED) is 0.734. The predicted octanol–water partition coefficient (Wildman–Crippen LogP) is 2.85. The molecule has 0 aliphatic carbocycles. The first-order valence-electron chi connectivity index (χ1n) is 4.12. The van der Waals surface area contributed by atoms with Crippen LogP contribution in [0.4, 0.5) is 8.78 Å². The van der Waals surface area contributed by atoms with E-state index in [1.807, 2.05) is 0 Å². The average Bonchev–Trinajstić information content (AvgIpc) is 2.89. The van der Waals surface area contributed by atoms with Crippen molar-refractivity contribution < 1.29 is 22.4 Å². The largest absolute Gasteiger partial charge is 0.462 e. The molecular formula is C10H6F2O3. The molecule has 2 aromatic heterocycles. The summed E-state index contributed by atoms with van der Waals surface area (Å²) in [6.45, 7) is 0. The van der Waals surface area contributed by atoms with Crippen molar-refractivity contribution in [3.05, 3.63) is 48.3 Å². The number of carbonyl (C=O) groups is 1. The summed E-state index contributed by atoms with van der Waals surface area (Å²) in [7, 11) is 0. The third-order valence-electron chi connectivity index (χ3n) is 1.86. The normalized spacial score (nSPS) is 11.6. The molecule has 0 spiro atoms. The van der Waals surface area contributed by atoms with E-state index in [0.717, 1.165) is 18.6 Å². The SMILES string of the molecule is O=C(c1ccco1)C(F)(F)c1ccco1. The van der Waals surface area contributed by atoms with Crippen molar-refractivity contribution in [1.29, 1.82) is 0 Å². The Labute approximate surface area is 83.3 Å². The van der Waals surface area contributed by atoms with Crippen LogP contribution in [0, 0.1) is 0 Å². The second-order valence-electron chi connectivity index (χ2n) is 2.86. The van der Waals surface area contributed by atoms with Gasteiger partial charge < -0.3 is 8.83 Å². The van der Waals surface area contributed by atoms with Crippen molar-refractivity contribution in [3.63, 3.8) is 0 Å². The Hall–Kier alpha value is -1.91. The third kappa shape index (κ3) is 1.56. The fourth-order valence-corrected chi connectivity index (χ4v) is 1.13. The highest BCUT2D eigenvalue weighted by atomic mass is 19.3. The number of furan rings is 2. The molecule has 0 aromatic carbocycles. The van der Waals surface area contributed by atoms with E-state index in [9.17, 15) is 13.6 Å². The van der Waals surface area contributed by atoms with Crippen LogP contribution in [0.2, 0.25) is 0 Å². The van der Waals surface area contributed by atoms with Crippen LogP contribution in [0.15, 0.2) is 45.6 Å². The molecule has 0 amide bonds. The lowest BCUT2D eigenvalue weighted by atomic mass is 10.1. The van der Waals surface area contributed by atoms with Crippen LogP contribution in [-0.4, -0.2) is 5.78 Å². The highest BCUT2D eigenvalue weighted by Gasteiger charge is 2.45. The van der Waals surface area contributed by atoms with Crippen LogP contribution in [0.3, 0.4) is 0 Å². The lowest BCUT2D eigenvalue weighted by Gasteiger charge is -2.09. The van der Waals surface area contributed by atoms with Gasteiger partial charge in [-0.05, 0) is 24.3 Å². The smallest absolute Gasteiger partial charge is 0.369 e. The van der Waals surface area contributed by atoms with E-state index in [4.69, 9.17) is 0 Å². The van der Waals surface area contributed by atoms with Crippen LogP contribution in [0.5, 0.6) is 0 Å². The van der Waals surface area contributed by atoms with Crippen molar-refractivity contribution in [2.45, 2.75) is 5.92 Å². The van der Waals surface area contributed by atoms with Crippen LogP contribution in [-0.2, 0) is 5.92 Å². The monoisotopic (exact) mass is 212 g/mol. The number of hydrogen-bond acceptors (Lipinski definition) is 3. The second kappa shape index (κ2) is 3.34. The highest BCUT2D eigenvalue weighted by molar-refractivity contribution is 5.99. The van der Waals surface area contributed by atoms with E-state index in [-0.39, 0.29) is 0 Å². The summed E-state index contributed by atoms with van der Waals surface area (Å²) in [5.74, 6) is -6.19. The molecule has 2 aromatic rings. The first-order chi connectivity index (χ1) is 7.12. The van der Waals surface area contributed by atoms with Gasteiger partial charge in [0.15, 0.2) is 11.5 Å². The Balaban J connectivity index is 2.35. The van der Waals surface area contributed by atoms with Crippen LogP contribution in [0.25, 0.3) is 0 Å². The van der Waals surface area contributed by atoms with Crippen molar-refractivity contribution in [1.82, 2.24) is 0 Å². The topological polar surface area (TPSA) is 43.4 Å². The van der Waals surface area contributed by atoms with Crippen molar-refractivity contribution in [2.24, 2.45) is 0 Å². The Bertz CT molecular complexity index is 443. The molecule has 2 rings (SSSR count). The number of halogens is 2. The summed E-state index contributed by atoms with van der Waals surface area (Å²) in [5.41, 5.74) is 0. The van der Waals surface area contributed by atoms with Crippen molar-refractivity contribution in [3.8, 4) is 0 Å². The van der Waals surface area contributed by atoms with Crippen LogP contribution < -0.4 is 0 Å². The molecular weight excluding hydrogens is 206 g/mol. The molecule has 0 aliphatic heterocycles. The van der Waals surface area contributed by atoms with E-state index >= 15 is 0 Å². The summed E-state index contributed by atoms with van der Waals surface area (Å²) in [4.78, 5) is 11.3. The molecule has 0 fully saturated rings. The van der Waals surface area contributed by atoms with Gasteiger partial charge in [0.2, 0.25) is 0 Å². The minimum atomic E-state index is -3.69. The van der Waals surface area contributed by atoms with Crippen molar-refractivity contribution >= 4 is 5.78 Å². The van der Waals surface area contributed by atoms with Gasteiger partial charge in [0.1, 0.15) is 0 Å². The molecule has 5 heteroatoms. The van der Waals surface area contributed by atoms with Gasteiger partial charge in [-0.1, -0.05) is 0 Å². The van der Waals surface area contributed by atoms with Crippen LogP contribution in [0.1, 0.15) is 16.3 Å². The molecule has 0 radical (unpaired) electrons. The summed E-state index contributed by atoms with van der Waals surface area (Å²) < 4.78 is 36.0. The highest BCUT2D eigenvalue weighted by Crippen LogP contribution is 2.32. The Morgan fingerprint density at radius 1 is 1.13 bits per heavy atom. The standard InChI is InChI=1S/C10H6F2O3/c11-10(12,8-4-2-6-15-8)9(13)7-3-1-5-14-7/h1-6H. The molecule has 0 bridgehead atoms. The minimum absolute atomic E-state index is 0.392. The van der Waals surface area contributed by atoms with Gasteiger partial charge in [-0.2, -0.15) is 8.78 Å². The molecule has 78 valence electrons. The zero-order valence-electron chi connectivity index (χ0n) is 7.44. The van der Waals surface area contributed by atoms with Gasteiger partial charge in [-0.25, -0.2) is 0 Å². The van der Waals surface area contributed by atoms with Gasteiger partial charge >= 0.3 is 5.92 Å². The molecule has 2 heterocycles. The maximum Gasteiger partial charge on any atom is 0.369 e. The maximum atomic E-state index is 13.4. The zero-order valence-corrected chi connectivity index (χ0v) is 7.44. The van der Waals surface area contributed by atoms with Crippen LogP contribution >= 0.6 is 0 Å². The average molecular weight is 212 g/mol. The van der Waals surface area contributed by atoms with Gasteiger partial charge in [0, 0.05) is 0 Å². The van der Waals surface area contributed by atoms with E-state index in [2.05, 4.69) is 8.83 Å². The van der Waals surface area contributed by atoms with Crippen molar-refractivity contribution in [2.75, 3.05) is 0 Å². The number of alkyl halides is 2.